The van der Waals surface area contributed by atoms with Crippen LogP contribution in [0.3, 0.4) is 0 Å². The molecule has 1 aliphatic heterocycles. The smallest absolute Gasteiger partial charge is 0.0735 e. The summed E-state index contributed by atoms with van der Waals surface area (Å²) in [7, 11) is 1.73. The minimum atomic E-state index is 0.454. The molecule has 52 valence electrons. The number of nitrogens with zero attached hydrogens (tertiary/aromatic N) is 1. The molecular formula is C7H13NO. The van der Waals surface area contributed by atoms with E-state index < -0.39 is 0 Å². The summed E-state index contributed by atoms with van der Waals surface area (Å²) in [5.74, 6) is 0. The molecule has 0 bridgehead atoms. The molecule has 0 aromatic heterocycles. The van der Waals surface area contributed by atoms with Gasteiger partial charge in [0.25, 0.3) is 0 Å². The van der Waals surface area contributed by atoms with Crippen LogP contribution in [0.5, 0.6) is 0 Å². The van der Waals surface area contributed by atoms with Crippen LogP contribution in [0.4, 0.5) is 0 Å². The molecule has 0 aromatic carbocycles. The normalized spacial score (nSPS) is 26.4. The molecule has 9 heavy (non-hydrogen) atoms. The molecule has 1 unspecified atom stereocenters. The Kier molecular flexibility index (Phi) is 2.22. The van der Waals surface area contributed by atoms with Gasteiger partial charge < -0.3 is 4.74 Å². The van der Waals surface area contributed by atoms with Crippen LogP contribution in [0.25, 0.3) is 0 Å². The Morgan fingerprint density at radius 3 is 3.00 bits per heavy atom. The number of aliphatic imine (C=N–C) groups is 1. The van der Waals surface area contributed by atoms with Crippen LogP contribution in [0.1, 0.15) is 19.8 Å². The third kappa shape index (κ3) is 1.79. The van der Waals surface area contributed by atoms with E-state index in [1.807, 2.05) is 0 Å². The molecule has 1 atom stereocenters. The standard InChI is InChI=1S/C7H13NO/c1-6-3-4-7(8-6)5-9-2/h7H,3-5H2,1-2H3. The number of rotatable bonds is 2. The van der Waals surface area contributed by atoms with Crippen LogP contribution in [-0.4, -0.2) is 25.5 Å². The van der Waals surface area contributed by atoms with Crippen molar-refractivity contribution in [2.75, 3.05) is 13.7 Å². The Morgan fingerprint density at radius 2 is 2.56 bits per heavy atom. The maximum Gasteiger partial charge on any atom is 0.0735 e. The first-order chi connectivity index (χ1) is 4.33. The van der Waals surface area contributed by atoms with Gasteiger partial charge in [-0.15, -0.1) is 0 Å². The molecule has 2 nitrogen and oxygen atoms in total. The average Bonchev–Trinajstić information content (AvgIpc) is 2.17. The van der Waals surface area contributed by atoms with Gasteiger partial charge in [0.15, 0.2) is 0 Å². The largest absolute Gasteiger partial charge is 0.382 e. The number of ether oxygens (including phenoxy) is 1. The van der Waals surface area contributed by atoms with Gasteiger partial charge >= 0.3 is 0 Å². The molecule has 0 aliphatic carbocycles. The van der Waals surface area contributed by atoms with E-state index in [0.717, 1.165) is 13.0 Å². The van der Waals surface area contributed by atoms with E-state index in [-0.39, 0.29) is 0 Å². The van der Waals surface area contributed by atoms with Gasteiger partial charge in [0.2, 0.25) is 0 Å². The second-order valence-corrected chi connectivity index (χ2v) is 2.51. The molecule has 0 spiro atoms. The van der Waals surface area contributed by atoms with Gasteiger partial charge in [-0.25, -0.2) is 0 Å². The minimum absolute atomic E-state index is 0.454. The summed E-state index contributed by atoms with van der Waals surface area (Å²) >= 11 is 0. The fraction of sp³-hybridized carbons (Fsp3) is 0.857. The average molecular weight is 127 g/mol. The lowest BCUT2D eigenvalue weighted by Gasteiger charge is -2.01. The third-order valence-electron chi connectivity index (χ3n) is 1.60. The summed E-state index contributed by atoms with van der Waals surface area (Å²) in [6.45, 7) is 2.87. The Hall–Kier alpha value is -0.370. The number of hydrogen-bond acceptors (Lipinski definition) is 2. The molecule has 0 saturated heterocycles. The van der Waals surface area contributed by atoms with Crippen LogP contribution < -0.4 is 0 Å². The quantitative estimate of drug-likeness (QED) is 0.547. The van der Waals surface area contributed by atoms with Gasteiger partial charge in [-0.2, -0.15) is 0 Å². The van der Waals surface area contributed by atoms with Crippen LogP contribution >= 0.6 is 0 Å². The maximum atomic E-state index is 4.97. The van der Waals surface area contributed by atoms with Crippen molar-refractivity contribution < 1.29 is 4.74 Å². The van der Waals surface area contributed by atoms with E-state index >= 15 is 0 Å². The molecular weight excluding hydrogens is 114 g/mol. The predicted octanol–water partition coefficient (Wildman–Crippen LogP) is 1.26. The van der Waals surface area contributed by atoms with E-state index in [1.54, 1.807) is 7.11 Å². The maximum absolute atomic E-state index is 4.97. The lowest BCUT2D eigenvalue weighted by molar-refractivity contribution is 0.181. The molecule has 2 heteroatoms. The highest BCUT2D eigenvalue weighted by molar-refractivity contribution is 5.83. The Bertz CT molecular complexity index is 120. The van der Waals surface area contributed by atoms with Crippen molar-refractivity contribution in [2.24, 2.45) is 4.99 Å². The third-order valence-corrected chi connectivity index (χ3v) is 1.60. The van der Waals surface area contributed by atoms with Crippen molar-refractivity contribution in [2.45, 2.75) is 25.8 Å². The second-order valence-electron chi connectivity index (χ2n) is 2.51. The van der Waals surface area contributed by atoms with Crippen molar-refractivity contribution in [3.63, 3.8) is 0 Å². The molecule has 0 amide bonds. The fourth-order valence-corrected chi connectivity index (χ4v) is 1.13. The van der Waals surface area contributed by atoms with Crippen LogP contribution in [0.15, 0.2) is 4.99 Å². The first-order valence-corrected chi connectivity index (χ1v) is 3.35. The SMILES string of the molecule is COCC1CCC(C)=N1. The van der Waals surface area contributed by atoms with E-state index in [0.29, 0.717) is 6.04 Å². The predicted molar refractivity (Wildman–Crippen MR) is 38.0 cm³/mol. The van der Waals surface area contributed by atoms with Gasteiger partial charge in [0.1, 0.15) is 0 Å². The topological polar surface area (TPSA) is 21.6 Å². The summed E-state index contributed by atoms with van der Waals surface area (Å²) in [6, 6.07) is 0.454. The highest BCUT2D eigenvalue weighted by atomic mass is 16.5. The first-order valence-electron chi connectivity index (χ1n) is 3.35. The highest BCUT2D eigenvalue weighted by Crippen LogP contribution is 2.12. The molecule has 0 saturated carbocycles. The van der Waals surface area contributed by atoms with E-state index in [9.17, 15) is 0 Å². The molecule has 0 fully saturated rings. The van der Waals surface area contributed by atoms with Gasteiger partial charge in [-0.3, -0.25) is 4.99 Å². The molecule has 0 aromatic rings. The lowest BCUT2D eigenvalue weighted by Crippen LogP contribution is -2.07. The zero-order valence-corrected chi connectivity index (χ0v) is 6.05. The Balaban J connectivity index is 2.29. The number of hydrogen-bond donors (Lipinski definition) is 0. The minimum Gasteiger partial charge on any atom is -0.382 e. The summed E-state index contributed by atoms with van der Waals surface area (Å²) in [4.78, 5) is 4.37. The van der Waals surface area contributed by atoms with Gasteiger partial charge in [-0.1, -0.05) is 0 Å². The van der Waals surface area contributed by atoms with Crippen molar-refractivity contribution in [1.82, 2.24) is 0 Å². The van der Waals surface area contributed by atoms with E-state index in [2.05, 4.69) is 11.9 Å². The summed E-state index contributed by atoms with van der Waals surface area (Å²) < 4.78 is 4.97. The van der Waals surface area contributed by atoms with E-state index in [1.165, 1.54) is 12.1 Å². The summed E-state index contributed by atoms with van der Waals surface area (Å²) in [5.41, 5.74) is 1.28. The molecule has 1 aliphatic rings. The lowest BCUT2D eigenvalue weighted by atomic mass is 10.2. The molecule has 0 radical (unpaired) electrons. The monoisotopic (exact) mass is 127 g/mol. The van der Waals surface area contributed by atoms with Gasteiger partial charge in [0, 0.05) is 12.8 Å². The molecule has 1 heterocycles. The summed E-state index contributed by atoms with van der Waals surface area (Å²) in [6.07, 6.45) is 2.34. The fourth-order valence-electron chi connectivity index (χ4n) is 1.13. The zero-order chi connectivity index (χ0) is 6.69. The van der Waals surface area contributed by atoms with E-state index in [4.69, 9.17) is 4.74 Å². The highest BCUT2D eigenvalue weighted by Gasteiger charge is 2.12. The van der Waals surface area contributed by atoms with Crippen molar-refractivity contribution in [1.29, 1.82) is 0 Å². The molecule has 1 rings (SSSR count). The zero-order valence-electron chi connectivity index (χ0n) is 6.05. The summed E-state index contributed by atoms with van der Waals surface area (Å²) in [5, 5.41) is 0. The van der Waals surface area contributed by atoms with Gasteiger partial charge in [0.05, 0.1) is 12.6 Å². The Morgan fingerprint density at radius 1 is 1.78 bits per heavy atom. The molecule has 0 N–H and O–H groups in total. The second kappa shape index (κ2) is 2.97. The number of methoxy groups -OCH3 is 1. The van der Waals surface area contributed by atoms with Crippen LogP contribution in [0.2, 0.25) is 0 Å². The van der Waals surface area contributed by atoms with Gasteiger partial charge in [-0.05, 0) is 19.8 Å². The van der Waals surface area contributed by atoms with Crippen molar-refractivity contribution >= 4 is 5.71 Å². The Labute approximate surface area is 55.9 Å². The first kappa shape index (κ1) is 6.75. The van der Waals surface area contributed by atoms with Crippen LogP contribution in [0, 0.1) is 0 Å². The van der Waals surface area contributed by atoms with Crippen molar-refractivity contribution in [3.8, 4) is 0 Å². The van der Waals surface area contributed by atoms with Crippen LogP contribution in [-0.2, 0) is 4.74 Å². The van der Waals surface area contributed by atoms with Crippen molar-refractivity contribution in [3.05, 3.63) is 0 Å².